The van der Waals surface area contributed by atoms with Crippen molar-refractivity contribution in [1.29, 1.82) is 0 Å². The van der Waals surface area contributed by atoms with E-state index < -0.39 is 0 Å². The van der Waals surface area contributed by atoms with Crippen molar-refractivity contribution < 1.29 is 14.2 Å². The zero-order valence-electron chi connectivity index (χ0n) is 9.30. The summed E-state index contributed by atoms with van der Waals surface area (Å²) in [6.07, 6.45) is 0.784. The second-order valence-corrected chi connectivity index (χ2v) is 3.86. The van der Waals surface area contributed by atoms with Gasteiger partial charge < -0.3 is 19.5 Å². The zero-order valence-corrected chi connectivity index (χ0v) is 10.1. The fourth-order valence-corrected chi connectivity index (χ4v) is 2.05. The van der Waals surface area contributed by atoms with Crippen LogP contribution < -0.4 is 19.5 Å². The van der Waals surface area contributed by atoms with Gasteiger partial charge in [0.05, 0.1) is 12.1 Å². The fraction of sp³-hybridized carbons (Fsp3) is 0.455. The van der Waals surface area contributed by atoms with Crippen LogP contribution in [0, 0.1) is 0 Å². The van der Waals surface area contributed by atoms with Crippen molar-refractivity contribution in [3.8, 4) is 17.2 Å². The molecule has 1 aromatic carbocycles. The van der Waals surface area contributed by atoms with Crippen LogP contribution in [0.4, 0.5) is 0 Å². The van der Waals surface area contributed by atoms with Gasteiger partial charge in [0.2, 0.25) is 6.79 Å². The first kappa shape index (κ1) is 11.4. The Morgan fingerprint density at radius 1 is 1.50 bits per heavy atom. The Balaban J connectivity index is 2.44. The molecule has 0 bridgehead atoms. The molecular weight excluding hydrogens is 230 g/mol. The van der Waals surface area contributed by atoms with Gasteiger partial charge in [0, 0.05) is 11.6 Å². The van der Waals surface area contributed by atoms with Crippen LogP contribution in [0.5, 0.6) is 17.2 Å². The molecule has 1 N–H and O–H groups in total. The molecule has 0 spiro atoms. The summed E-state index contributed by atoms with van der Waals surface area (Å²) >= 11 is 6.11. The quantitative estimate of drug-likeness (QED) is 0.876. The van der Waals surface area contributed by atoms with Crippen LogP contribution in [-0.4, -0.2) is 27.5 Å². The molecule has 0 radical (unpaired) electrons. The van der Waals surface area contributed by atoms with E-state index in [9.17, 15) is 0 Å². The number of methoxy groups -OCH3 is 1. The fourth-order valence-electron chi connectivity index (χ4n) is 1.76. The molecule has 1 aliphatic heterocycles. The van der Waals surface area contributed by atoms with Crippen LogP contribution in [0.15, 0.2) is 6.07 Å². The third-order valence-corrected chi connectivity index (χ3v) is 2.77. The minimum Gasteiger partial charge on any atom is -0.495 e. The van der Waals surface area contributed by atoms with E-state index in [1.165, 1.54) is 0 Å². The number of halogens is 1. The molecule has 1 aromatic rings. The van der Waals surface area contributed by atoms with E-state index >= 15 is 0 Å². The standard InChI is InChI=1S/C11H14ClNO3/c1-13-4-3-7-10(14-2)8(12)5-9-11(7)16-6-15-9/h5,13H,3-4,6H2,1-2H3. The Bertz CT molecular complexity index is 392. The maximum Gasteiger partial charge on any atom is 0.231 e. The minimum absolute atomic E-state index is 0.241. The van der Waals surface area contributed by atoms with Crippen LogP contribution >= 0.6 is 11.6 Å². The lowest BCUT2D eigenvalue weighted by Gasteiger charge is -2.12. The topological polar surface area (TPSA) is 39.7 Å². The lowest BCUT2D eigenvalue weighted by Crippen LogP contribution is -2.11. The Kier molecular flexibility index (Phi) is 3.41. The van der Waals surface area contributed by atoms with E-state index in [0.717, 1.165) is 24.3 Å². The highest BCUT2D eigenvalue weighted by Gasteiger charge is 2.23. The van der Waals surface area contributed by atoms with Gasteiger partial charge in [0.25, 0.3) is 0 Å². The minimum atomic E-state index is 0.241. The van der Waals surface area contributed by atoms with Gasteiger partial charge in [-0.15, -0.1) is 0 Å². The molecular formula is C11H14ClNO3. The van der Waals surface area contributed by atoms with Gasteiger partial charge in [-0.2, -0.15) is 0 Å². The zero-order chi connectivity index (χ0) is 11.5. The van der Waals surface area contributed by atoms with Crippen molar-refractivity contribution in [2.24, 2.45) is 0 Å². The first-order valence-electron chi connectivity index (χ1n) is 5.07. The SMILES string of the molecule is CNCCc1c(OC)c(Cl)cc2c1OCO2. The van der Waals surface area contributed by atoms with Crippen molar-refractivity contribution in [1.82, 2.24) is 5.32 Å². The highest BCUT2D eigenvalue weighted by Crippen LogP contribution is 2.45. The van der Waals surface area contributed by atoms with E-state index in [2.05, 4.69) is 5.32 Å². The molecule has 1 heterocycles. The van der Waals surface area contributed by atoms with Gasteiger partial charge in [-0.3, -0.25) is 0 Å². The number of fused-ring (bicyclic) bond motifs is 1. The molecule has 4 nitrogen and oxygen atoms in total. The second kappa shape index (κ2) is 4.80. The van der Waals surface area contributed by atoms with Crippen molar-refractivity contribution >= 4 is 11.6 Å². The number of benzene rings is 1. The number of rotatable bonds is 4. The van der Waals surface area contributed by atoms with Gasteiger partial charge in [-0.05, 0) is 20.0 Å². The Hall–Kier alpha value is -1.13. The lowest BCUT2D eigenvalue weighted by molar-refractivity contribution is 0.173. The monoisotopic (exact) mass is 243 g/mol. The van der Waals surface area contributed by atoms with E-state index in [1.54, 1.807) is 13.2 Å². The number of hydrogen-bond donors (Lipinski definition) is 1. The molecule has 5 heteroatoms. The van der Waals surface area contributed by atoms with Crippen LogP contribution in [0.2, 0.25) is 5.02 Å². The average Bonchev–Trinajstić information content (AvgIpc) is 2.72. The smallest absolute Gasteiger partial charge is 0.231 e. The normalized spacial score (nSPS) is 12.9. The van der Waals surface area contributed by atoms with Gasteiger partial charge in [0.15, 0.2) is 11.5 Å². The molecule has 0 aliphatic carbocycles. The van der Waals surface area contributed by atoms with Crippen LogP contribution in [-0.2, 0) is 6.42 Å². The van der Waals surface area contributed by atoms with Crippen molar-refractivity contribution in [3.05, 3.63) is 16.7 Å². The van der Waals surface area contributed by atoms with E-state index in [1.807, 2.05) is 7.05 Å². The second-order valence-electron chi connectivity index (χ2n) is 3.46. The predicted octanol–water partition coefficient (Wildman–Crippen LogP) is 1.84. The van der Waals surface area contributed by atoms with Gasteiger partial charge in [-0.1, -0.05) is 11.6 Å². The molecule has 16 heavy (non-hydrogen) atoms. The molecule has 1 aliphatic rings. The molecule has 0 atom stereocenters. The first-order valence-corrected chi connectivity index (χ1v) is 5.45. The number of likely N-dealkylation sites (N-methyl/N-ethyl adjacent to an activating group) is 1. The van der Waals surface area contributed by atoms with Crippen molar-refractivity contribution in [3.63, 3.8) is 0 Å². The van der Waals surface area contributed by atoms with Crippen LogP contribution in [0.3, 0.4) is 0 Å². The summed E-state index contributed by atoms with van der Waals surface area (Å²) in [4.78, 5) is 0. The van der Waals surface area contributed by atoms with Crippen LogP contribution in [0.1, 0.15) is 5.56 Å². The summed E-state index contributed by atoms with van der Waals surface area (Å²) in [6, 6.07) is 1.73. The third kappa shape index (κ3) is 1.90. The largest absolute Gasteiger partial charge is 0.495 e. The average molecular weight is 244 g/mol. The van der Waals surface area contributed by atoms with Gasteiger partial charge in [-0.25, -0.2) is 0 Å². The van der Waals surface area contributed by atoms with Gasteiger partial charge >= 0.3 is 0 Å². The van der Waals surface area contributed by atoms with E-state index in [4.69, 9.17) is 25.8 Å². The van der Waals surface area contributed by atoms with Gasteiger partial charge in [0.1, 0.15) is 5.75 Å². The van der Waals surface area contributed by atoms with E-state index in [-0.39, 0.29) is 6.79 Å². The molecule has 2 rings (SSSR count). The molecule has 0 aromatic heterocycles. The maximum atomic E-state index is 6.11. The molecule has 0 amide bonds. The van der Waals surface area contributed by atoms with E-state index in [0.29, 0.717) is 16.5 Å². The maximum absolute atomic E-state index is 6.11. The molecule has 0 saturated carbocycles. The summed E-state index contributed by atoms with van der Waals surface area (Å²) in [7, 11) is 3.50. The highest BCUT2D eigenvalue weighted by molar-refractivity contribution is 6.32. The summed E-state index contributed by atoms with van der Waals surface area (Å²) < 4.78 is 16.1. The van der Waals surface area contributed by atoms with Crippen molar-refractivity contribution in [2.75, 3.05) is 27.5 Å². The number of hydrogen-bond acceptors (Lipinski definition) is 4. The number of ether oxygens (including phenoxy) is 3. The lowest BCUT2D eigenvalue weighted by atomic mass is 10.1. The summed E-state index contributed by atoms with van der Waals surface area (Å²) in [5, 5.41) is 3.64. The highest BCUT2D eigenvalue weighted by atomic mass is 35.5. The summed E-state index contributed by atoms with van der Waals surface area (Å²) in [6.45, 7) is 1.07. The summed E-state index contributed by atoms with van der Waals surface area (Å²) in [5.74, 6) is 2.11. The number of nitrogens with one attached hydrogen (secondary N) is 1. The molecule has 0 fully saturated rings. The molecule has 0 saturated heterocycles. The first-order chi connectivity index (χ1) is 7.77. The predicted molar refractivity (Wildman–Crippen MR) is 61.8 cm³/mol. The van der Waals surface area contributed by atoms with Crippen molar-refractivity contribution in [2.45, 2.75) is 6.42 Å². The van der Waals surface area contributed by atoms with Crippen LogP contribution in [0.25, 0.3) is 0 Å². The molecule has 88 valence electrons. The Morgan fingerprint density at radius 2 is 2.31 bits per heavy atom. The third-order valence-electron chi connectivity index (χ3n) is 2.49. The summed E-state index contributed by atoms with van der Waals surface area (Å²) in [5.41, 5.74) is 0.955. The Morgan fingerprint density at radius 3 is 3.00 bits per heavy atom. The molecule has 0 unspecified atom stereocenters. The Labute approximate surface area is 99.4 Å².